The van der Waals surface area contributed by atoms with Gasteiger partial charge in [-0.1, -0.05) is 6.07 Å². The second-order valence-corrected chi connectivity index (χ2v) is 9.18. The summed E-state index contributed by atoms with van der Waals surface area (Å²) in [4.78, 5) is 11.4. The number of carboxylic acids is 1. The molecule has 0 radical (unpaired) electrons. The van der Waals surface area contributed by atoms with Gasteiger partial charge in [-0.25, -0.2) is 18.0 Å². The minimum absolute atomic E-state index is 0.0245. The number of hydrogen-bond donors (Lipinski definition) is 3. The standard InChI is InChI=1S/C28H24F3NO5/c1-14(33)20-13-18(3-5-21(20)30)32-23-11-17(29)12-24(34)26(23)25(27(32)15-6-8-37-9-7-15)19-4-2-16(28(35)36)10-22(19)31/h2-5,10-15,33-34H,6-9H2,1H3,(H,35,36). The normalized spacial score (nSPS) is 15.3. The lowest BCUT2D eigenvalue weighted by atomic mass is 9.89. The fourth-order valence-corrected chi connectivity index (χ4v) is 5.13. The zero-order valence-corrected chi connectivity index (χ0v) is 19.8. The van der Waals surface area contributed by atoms with Gasteiger partial charge in [-0.2, -0.15) is 0 Å². The quantitative estimate of drug-likeness (QED) is 0.303. The summed E-state index contributed by atoms with van der Waals surface area (Å²) in [5.74, 6) is -4.09. The Kier molecular flexibility index (Phi) is 6.43. The number of nitrogens with zero attached hydrogens (tertiary/aromatic N) is 1. The Balaban J connectivity index is 1.92. The molecule has 0 saturated carbocycles. The van der Waals surface area contributed by atoms with Crippen molar-refractivity contribution in [1.82, 2.24) is 4.57 Å². The Hall–Kier alpha value is -3.82. The Morgan fingerprint density at radius 2 is 1.76 bits per heavy atom. The average molecular weight is 511 g/mol. The van der Waals surface area contributed by atoms with Crippen LogP contribution in [-0.2, 0) is 4.74 Å². The maximum Gasteiger partial charge on any atom is 0.335 e. The van der Waals surface area contributed by atoms with E-state index in [2.05, 4.69) is 0 Å². The van der Waals surface area contributed by atoms with E-state index in [1.165, 1.54) is 43.3 Å². The number of aromatic hydroxyl groups is 1. The summed E-state index contributed by atoms with van der Waals surface area (Å²) >= 11 is 0. The molecule has 37 heavy (non-hydrogen) atoms. The zero-order valence-electron chi connectivity index (χ0n) is 19.8. The van der Waals surface area contributed by atoms with Gasteiger partial charge >= 0.3 is 5.97 Å². The van der Waals surface area contributed by atoms with Gasteiger partial charge in [0.2, 0.25) is 0 Å². The molecule has 1 aliphatic heterocycles. The van der Waals surface area contributed by atoms with Crippen LogP contribution in [0.4, 0.5) is 13.2 Å². The minimum Gasteiger partial charge on any atom is -0.507 e. The lowest BCUT2D eigenvalue weighted by molar-refractivity contribution is 0.0696. The Bertz CT molecular complexity index is 1520. The first kappa shape index (κ1) is 24.9. The number of aromatic carboxylic acids is 1. The van der Waals surface area contributed by atoms with Gasteiger partial charge < -0.3 is 24.6 Å². The van der Waals surface area contributed by atoms with E-state index in [-0.39, 0.29) is 39.1 Å². The molecule has 192 valence electrons. The number of ether oxygens (including phenoxy) is 1. The molecule has 0 spiro atoms. The summed E-state index contributed by atoms with van der Waals surface area (Å²) in [5.41, 5.74) is 1.27. The van der Waals surface area contributed by atoms with Crippen LogP contribution >= 0.6 is 0 Å². The lowest BCUT2D eigenvalue weighted by Crippen LogP contribution is -2.18. The second-order valence-electron chi connectivity index (χ2n) is 9.18. The molecule has 1 saturated heterocycles. The maximum absolute atomic E-state index is 15.5. The third kappa shape index (κ3) is 4.34. The zero-order chi connectivity index (χ0) is 26.4. The lowest BCUT2D eigenvalue weighted by Gasteiger charge is -2.26. The number of carbonyl (C=O) groups is 1. The molecule has 1 aromatic heterocycles. The first-order chi connectivity index (χ1) is 17.7. The van der Waals surface area contributed by atoms with E-state index in [1.54, 1.807) is 4.57 Å². The topological polar surface area (TPSA) is 91.9 Å². The van der Waals surface area contributed by atoms with Crippen LogP contribution < -0.4 is 0 Å². The summed E-state index contributed by atoms with van der Waals surface area (Å²) in [7, 11) is 0. The van der Waals surface area contributed by atoms with Crippen molar-refractivity contribution in [3.05, 3.63) is 82.8 Å². The number of aliphatic hydroxyl groups excluding tert-OH is 1. The van der Waals surface area contributed by atoms with Gasteiger partial charge in [0.1, 0.15) is 23.2 Å². The third-order valence-electron chi connectivity index (χ3n) is 6.83. The summed E-state index contributed by atoms with van der Waals surface area (Å²) in [5, 5.41) is 30.5. The molecule has 6 nitrogen and oxygen atoms in total. The molecule has 1 unspecified atom stereocenters. The van der Waals surface area contributed by atoms with Crippen molar-refractivity contribution >= 4 is 16.9 Å². The summed E-state index contributed by atoms with van der Waals surface area (Å²) in [6, 6.07) is 9.74. The third-order valence-corrected chi connectivity index (χ3v) is 6.83. The van der Waals surface area contributed by atoms with E-state index < -0.39 is 35.3 Å². The minimum atomic E-state index is -1.29. The molecule has 0 bridgehead atoms. The number of phenolic OH excluding ortho intramolecular Hbond substituents is 1. The number of aliphatic hydroxyl groups is 1. The van der Waals surface area contributed by atoms with Crippen LogP contribution in [0.15, 0.2) is 48.5 Å². The van der Waals surface area contributed by atoms with E-state index in [0.29, 0.717) is 37.4 Å². The molecule has 5 rings (SSSR count). The van der Waals surface area contributed by atoms with Crippen LogP contribution in [0.1, 0.15) is 53.4 Å². The molecule has 0 aliphatic carbocycles. The number of carboxylic acid groups (broad SMARTS) is 1. The summed E-state index contributed by atoms with van der Waals surface area (Å²) in [6.07, 6.45) is -0.0311. The monoisotopic (exact) mass is 511 g/mol. The highest BCUT2D eigenvalue weighted by atomic mass is 19.1. The molecule has 1 fully saturated rings. The van der Waals surface area contributed by atoms with Crippen LogP contribution in [0.5, 0.6) is 5.75 Å². The largest absolute Gasteiger partial charge is 0.507 e. The molecule has 1 atom stereocenters. The average Bonchev–Trinajstić information content (AvgIpc) is 3.19. The van der Waals surface area contributed by atoms with Crippen molar-refractivity contribution in [2.45, 2.75) is 31.8 Å². The van der Waals surface area contributed by atoms with Gasteiger partial charge in [-0.05, 0) is 56.2 Å². The van der Waals surface area contributed by atoms with Crippen molar-refractivity contribution in [1.29, 1.82) is 0 Å². The predicted molar refractivity (Wildman–Crippen MR) is 131 cm³/mol. The first-order valence-corrected chi connectivity index (χ1v) is 11.8. The molecule has 1 aliphatic rings. The molecule has 2 heterocycles. The second kappa shape index (κ2) is 9.57. The van der Waals surface area contributed by atoms with E-state index in [0.717, 1.165) is 12.1 Å². The molecular formula is C28H24F3NO5. The Labute approximate surface area is 210 Å². The van der Waals surface area contributed by atoms with Crippen molar-refractivity contribution in [3.63, 3.8) is 0 Å². The van der Waals surface area contributed by atoms with E-state index >= 15 is 4.39 Å². The number of fused-ring (bicyclic) bond motifs is 1. The van der Waals surface area contributed by atoms with Crippen molar-refractivity contribution < 1.29 is 38.0 Å². The Morgan fingerprint density at radius 3 is 2.41 bits per heavy atom. The number of halogens is 3. The van der Waals surface area contributed by atoms with E-state index in [9.17, 15) is 28.9 Å². The van der Waals surface area contributed by atoms with Crippen molar-refractivity contribution in [3.8, 4) is 22.6 Å². The molecule has 4 aromatic rings. The van der Waals surface area contributed by atoms with Gasteiger partial charge in [0.15, 0.2) is 0 Å². The van der Waals surface area contributed by atoms with Crippen molar-refractivity contribution in [2.75, 3.05) is 13.2 Å². The number of hydrogen-bond acceptors (Lipinski definition) is 4. The molecule has 9 heteroatoms. The highest BCUT2D eigenvalue weighted by Crippen LogP contribution is 2.47. The van der Waals surface area contributed by atoms with Crippen LogP contribution in [0.2, 0.25) is 0 Å². The Morgan fingerprint density at radius 1 is 1.03 bits per heavy atom. The van der Waals surface area contributed by atoms with E-state index in [4.69, 9.17) is 4.74 Å². The van der Waals surface area contributed by atoms with E-state index in [1.807, 2.05) is 0 Å². The van der Waals surface area contributed by atoms with Gasteiger partial charge in [-0.3, -0.25) is 0 Å². The van der Waals surface area contributed by atoms with Gasteiger partial charge in [-0.15, -0.1) is 0 Å². The number of phenols is 1. The van der Waals surface area contributed by atoms with Gasteiger partial charge in [0.05, 0.1) is 22.6 Å². The fourth-order valence-electron chi connectivity index (χ4n) is 5.13. The highest BCUT2D eigenvalue weighted by Gasteiger charge is 2.31. The highest BCUT2D eigenvalue weighted by molar-refractivity contribution is 6.04. The van der Waals surface area contributed by atoms with Gasteiger partial charge in [0.25, 0.3) is 0 Å². The van der Waals surface area contributed by atoms with Crippen LogP contribution in [-0.4, -0.2) is 39.1 Å². The van der Waals surface area contributed by atoms with Crippen LogP contribution in [0.3, 0.4) is 0 Å². The first-order valence-electron chi connectivity index (χ1n) is 11.8. The molecule has 3 N–H and O–H groups in total. The molecule has 3 aromatic carbocycles. The number of benzene rings is 3. The fraction of sp³-hybridized carbons (Fsp3) is 0.250. The SMILES string of the molecule is CC(O)c1cc(-n2c(C3CCOCC3)c(-c3ccc(C(=O)O)cc3F)c3c(O)cc(F)cc32)ccc1F. The molecule has 0 amide bonds. The van der Waals surface area contributed by atoms with Crippen LogP contribution in [0.25, 0.3) is 27.7 Å². The predicted octanol–water partition coefficient (Wildman–Crippen LogP) is 6.07. The van der Waals surface area contributed by atoms with Crippen molar-refractivity contribution in [2.24, 2.45) is 0 Å². The maximum atomic E-state index is 15.5. The number of rotatable bonds is 5. The summed E-state index contributed by atoms with van der Waals surface area (Å²) in [6.45, 7) is 2.27. The smallest absolute Gasteiger partial charge is 0.335 e. The molecular weight excluding hydrogens is 487 g/mol. The van der Waals surface area contributed by atoms with Crippen LogP contribution in [0, 0.1) is 17.5 Å². The van der Waals surface area contributed by atoms with Gasteiger partial charge in [0, 0.05) is 53.3 Å². The summed E-state index contributed by atoms with van der Waals surface area (Å²) < 4.78 is 51.8. The number of aromatic nitrogens is 1.